The maximum atomic E-state index is 12.3. The van der Waals surface area contributed by atoms with Crippen LogP contribution in [0.2, 0.25) is 0 Å². The molecule has 1 rings (SSSR count). The predicted octanol–water partition coefficient (Wildman–Crippen LogP) is 4.49. The first-order chi connectivity index (χ1) is 8.69. The van der Waals surface area contributed by atoms with Gasteiger partial charge in [0.1, 0.15) is 0 Å². The van der Waals surface area contributed by atoms with Gasteiger partial charge in [0.2, 0.25) is 0 Å². The van der Waals surface area contributed by atoms with Crippen LogP contribution in [-0.4, -0.2) is 23.9 Å². The molecule has 0 aliphatic carbocycles. The Morgan fingerprint density at radius 1 is 1.11 bits per heavy atom. The molecule has 0 aromatic heterocycles. The molecule has 0 aliphatic rings. The zero-order chi connectivity index (χ0) is 13.4. The minimum Gasteiger partial charge on any atom is -0.339 e. The average molecular weight is 312 g/mol. The van der Waals surface area contributed by atoms with E-state index in [2.05, 4.69) is 22.9 Å². The second-order valence-corrected chi connectivity index (χ2v) is 5.37. The SMILES string of the molecule is CCCCCCN(CC)C(=O)c1ccc(Br)cc1. The van der Waals surface area contributed by atoms with Crippen molar-refractivity contribution in [1.29, 1.82) is 0 Å². The minimum absolute atomic E-state index is 0.140. The van der Waals surface area contributed by atoms with Crippen LogP contribution in [0.4, 0.5) is 0 Å². The minimum atomic E-state index is 0.140. The molecule has 1 amide bonds. The van der Waals surface area contributed by atoms with Gasteiger partial charge in [0.25, 0.3) is 5.91 Å². The number of amides is 1. The first kappa shape index (κ1) is 15.2. The monoisotopic (exact) mass is 311 g/mol. The van der Waals surface area contributed by atoms with Gasteiger partial charge in [-0.1, -0.05) is 42.1 Å². The van der Waals surface area contributed by atoms with Crippen LogP contribution in [0.25, 0.3) is 0 Å². The Bertz CT molecular complexity index is 361. The Morgan fingerprint density at radius 3 is 2.33 bits per heavy atom. The fourth-order valence-corrected chi connectivity index (χ4v) is 2.17. The first-order valence-electron chi connectivity index (χ1n) is 6.73. The van der Waals surface area contributed by atoms with Crippen molar-refractivity contribution in [3.05, 3.63) is 34.3 Å². The Balaban J connectivity index is 2.53. The van der Waals surface area contributed by atoms with Crippen LogP contribution in [0.3, 0.4) is 0 Å². The van der Waals surface area contributed by atoms with E-state index in [4.69, 9.17) is 0 Å². The quantitative estimate of drug-likeness (QED) is 0.679. The van der Waals surface area contributed by atoms with E-state index in [1.165, 1.54) is 19.3 Å². The van der Waals surface area contributed by atoms with Crippen molar-refractivity contribution in [3.8, 4) is 0 Å². The number of hydrogen-bond acceptors (Lipinski definition) is 1. The average Bonchev–Trinajstić information content (AvgIpc) is 2.39. The van der Waals surface area contributed by atoms with Gasteiger partial charge in [0.15, 0.2) is 0 Å². The Labute approximate surface area is 119 Å². The molecule has 3 heteroatoms. The number of rotatable bonds is 7. The maximum absolute atomic E-state index is 12.3. The van der Waals surface area contributed by atoms with Crippen LogP contribution in [0.15, 0.2) is 28.7 Å². The fraction of sp³-hybridized carbons (Fsp3) is 0.533. The number of benzene rings is 1. The largest absolute Gasteiger partial charge is 0.339 e. The lowest BCUT2D eigenvalue weighted by Gasteiger charge is -2.21. The normalized spacial score (nSPS) is 10.4. The molecule has 0 fully saturated rings. The molecule has 0 unspecified atom stereocenters. The summed E-state index contributed by atoms with van der Waals surface area (Å²) in [5, 5.41) is 0. The van der Waals surface area contributed by atoms with Crippen molar-refractivity contribution < 1.29 is 4.79 Å². The number of hydrogen-bond donors (Lipinski definition) is 0. The summed E-state index contributed by atoms with van der Waals surface area (Å²) in [4.78, 5) is 14.2. The van der Waals surface area contributed by atoms with Crippen molar-refractivity contribution >= 4 is 21.8 Å². The van der Waals surface area contributed by atoms with E-state index in [1.807, 2.05) is 36.1 Å². The molecule has 1 aromatic carbocycles. The molecule has 2 nitrogen and oxygen atoms in total. The lowest BCUT2D eigenvalue weighted by atomic mass is 10.1. The molecule has 0 heterocycles. The van der Waals surface area contributed by atoms with E-state index in [-0.39, 0.29) is 5.91 Å². The molecule has 0 atom stereocenters. The summed E-state index contributed by atoms with van der Waals surface area (Å²) >= 11 is 3.38. The summed E-state index contributed by atoms with van der Waals surface area (Å²) in [6.45, 7) is 5.88. The van der Waals surface area contributed by atoms with Crippen LogP contribution in [-0.2, 0) is 0 Å². The molecule has 0 spiro atoms. The standard InChI is InChI=1S/C15H22BrNO/c1-3-5-6-7-12-17(4-2)15(18)13-8-10-14(16)11-9-13/h8-11H,3-7,12H2,1-2H3. The van der Waals surface area contributed by atoms with Gasteiger partial charge < -0.3 is 4.90 Å². The van der Waals surface area contributed by atoms with Gasteiger partial charge in [0, 0.05) is 23.1 Å². The molecule has 100 valence electrons. The summed E-state index contributed by atoms with van der Waals surface area (Å²) in [6.07, 6.45) is 4.79. The number of nitrogens with zero attached hydrogens (tertiary/aromatic N) is 1. The van der Waals surface area contributed by atoms with Crippen molar-refractivity contribution in [1.82, 2.24) is 4.90 Å². The van der Waals surface area contributed by atoms with E-state index in [9.17, 15) is 4.79 Å². The Hall–Kier alpha value is -0.830. The van der Waals surface area contributed by atoms with E-state index < -0.39 is 0 Å². The van der Waals surface area contributed by atoms with E-state index in [0.717, 1.165) is 29.5 Å². The highest BCUT2D eigenvalue weighted by Crippen LogP contribution is 2.13. The topological polar surface area (TPSA) is 20.3 Å². The molecule has 18 heavy (non-hydrogen) atoms. The Kier molecular flexibility index (Phi) is 7.02. The van der Waals surface area contributed by atoms with Gasteiger partial charge in [-0.15, -0.1) is 0 Å². The Morgan fingerprint density at radius 2 is 1.78 bits per heavy atom. The molecule has 0 saturated carbocycles. The molecule has 0 saturated heterocycles. The summed E-state index contributed by atoms with van der Waals surface area (Å²) in [7, 11) is 0. The fourth-order valence-electron chi connectivity index (χ4n) is 1.91. The van der Waals surface area contributed by atoms with Crippen LogP contribution < -0.4 is 0 Å². The summed E-state index contributed by atoms with van der Waals surface area (Å²) < 4.78 is 1.00. The summed E-state index contributed by atoms with van der Waals surface area (Å²) in [5.74, 6) is 0.140. The lowest BCUT2D eigenvalue weighted by Crippen LogP contribution is -2.31. The summed E-state index contributed by atoms with van der Waals surface area (Å²) in [6, 6.07) is 7.58. The molecule has 0 bridgehead atoms. The molecule has 1 aromatic rings. The van der Waals surface area contributed by atoms with E-state index in [1.54, 1.807) is 0 Å². The highest BCUT2D eigenvalue weighted by Gasteiger charge is 2.13. The van der Waals surface area contributed by atoms with Crippen molar-refractivity contribution in [2.24, 2.45) is 0 Å². The number of unbranched alkanes of at least 4 members (excludes halogenated alkanes) is 3. The van der Waals surface area contributed by atoms with Crippen LogP contribution in [0, 0.1) is 0 Å². The number of carbonyl (C=O) groups excluding carboxylic acids is 1. The third-order valence-electron chi connectivity index (χ3n) is 3.04. The second-order valence-electron chi connectivity index (χ2n) is 4.45. The molecule has 0 N–H and O–H groups in total. The molecule has 0 aliphatic heterocycles. The van der Waals surface area contributed by atoms with Gasteiger partial charge in [-0.3, -0.25) is 4.79 Å². The van der Waals surface area contributed by atoms with Crippen LogP contribution in [0.5, 0.6) is 0 Å². The molecular weight excluding hydrogens is 290 g/mol. The van der Waals surface area contributed by atoms with Crippen molar-refractivity contribution in [2.75, 3.05) is 13.1 Å². The van der Waals surface area contributed by atoms with Crippen molar-refractivity contribution in [2.45, 2.75) is 39.5 Å². The zero-order valence-electron chi connectivity index (χ0n) is 11.3. The smallest absolute Gasteiger partial charge is 0.253 e. The van der Waals surface area contributed by atoms with Gasteiger partial charge >= 0.3 is 0 Å². The third-order valence-corrected chi connectivity index (χ3v) is 3.57. The summed E-state index contributed by atoms with van der Waals surface area (Å²) in [5.41, 5.74) is 0.774. The molecule has 0 radical (unpaired) electrons. The van der Waals surface area contributed by atoms with Gasteiger partial charge in [-0.05, 0) is 37.6 Å². The maximum Gasteiger partial charge on any atom is 0.253 e. The highest BCUT2D eigenvalue weighted by molar-refractivity contribution is 9.10. The molecular formula is C15H22BrNO. The van der Waals surface area contributed by atoms with Crippen molar-refractivity contribution in [3.63, 3.8) is 0 Å². The van der Waals surface area contributed by atoms with E-state index >= 15 is 0 Å². The highest BCUT2D eigenvalue weighted by atomic mass is 79.9. The number of carbonyl (C=O) groups is 1. The van der Waals surface area contributed by atoms with Crippen LogP contribution >= 0.6 is 15.9 Å². The first-order valence-corrected chi connectivity index (χ1v) is 7.53. The zero-order valence-corrected chi connectivity index (χ0v) is 12.9. The van der Waals surface area contributed by atoms with E-state index in [0.29, 0.717) is 0 Å². The third kappa shape index (κ3) is 4.81. The van der Waals surface area contributed by atoms with Gasteiger partial charge in [-0.2, -0.15) is 0 Å². The van der Waals surface area contributed by atoms with Crippen LogP contribution in [0.1, 0.15) is 49.9 Å². The second kappa shape index (κ2) is 8.30. The number of halogens is 1. The predicted molar refractivity (Wildman–Crippen MR) is 79.9 cm³/mol. The van der Waals surface area contributed by atoms with Gasteiger partial charge in [-0.25, -0.2) is 0 Å². The lowest BCUT2D eigenvalue weighted by molar-refractivity contribution is 0.0761. The van der Waals surface area contributed by atoms with Gasteiger partial charge in [0.05, 0.1) is 0 Å².